The van der Waals surface area contributed by atoms with Gasteiger partial charge in [0, 0.05) is 20.2 Å². The summed E-state index contributed by atoms with van der Waals surface area (Å²) in [5, 5.41) is 9.45. The Morgan fingerprint density at radius 1 is 1.53 bits per heavy atom. The van der Waals surface area contributed by atoms with Crippen LogP contribution in [0.5, 0.6) is 0 Å². The molecule has 0 saturated heterocycles. The predicted molar refractivity (Wildman–Crippen MR) is 69.0 cm³/mol. The standard InChI is InChI=1S/C11H12ClN5O2/c1-6-16-10(17-19-6)5-15-11(18)7-3-9(13-2)14-4-8(7)12/h3-4H,5H2,1-2H3,(H,13,14)(H,15,18). The van der Waals surface area contributed by atoms with E-state index in [0.717, 1.165) is 0 Å². The lowest BCUT2D eigenvalue weighted by atomic mass is 10.2. The zero-order valence-corrected chi connectivity index (χ0v) is 11.2. The maximum atomic E-state index is 12.0. The Hall–Kier alpha value is -2.15. The molecule has 0 bridgehead atoms. The smallest absolute Gasteiger partial charge is 0.253 e. The molecule has 0 fully saturated rings. The van der Waals surface area contributed by atoms with E-state index in [2.05, 4.69) is 25.8 Å². The molecule has 0 atom stereocenters. The topological polar surface area (TPSA) is 92.9 Å². The number of aromatic nitrogens is 3. The van der Waals surface area contributed by atoms with Gasteiger partial charge in [0.15, 0.2) is 5.82 Å². The first kappa shape index (κ1) is 13.3. The second-order valence-corrected chi connectivity index (χ2v) is 4.12. The van der Waals surface area contributed by atoms with Crippen molar-refractivity contribution in [2.45, 2.75) is 13.5 Å². The van der Waals surface area contributed by atoms with E-state index in [1.807, 2.05) is 0 Å². The molecule has 0 aliphatic carbocycles. The van der Waals surface area contributed by atoms with Crippen molar-refractivity contribution in [3.63, 3.8) is 0 Å². The molecule has 2 aromatic heterocycles. The normalized spacial score (nSPS) is 10.3. The van der Waals surface area contributed by atoms with Crippen molar-refractivity contribution in [3.8, 4) is 0 Å². The van der Waals surface area contributed by atoms with Gasteiger partial charge in [0.2, 0.25) is 5.89 Å². The van der Waals surface area contributed by atoms with Gasteiger partial charge < -0.3 is 15.2 Å². The summed E-state index contributed by atoms with van der Waals surface area (Å²) in [7, 11) is 1.71. The number of hydrogen-bond donors (Lipinski definition) is 2. The van der Waals surface area contributed by atoms with Gasteiger partial charge in [-0.25, -0.2) is 4.98 Å². The second-order valence-electron chi connectivity index (χ2n) is 3.71. The fraction of sp³-hybridized carbons (Fsp3) is 0.273. The van der Waals surface area contributed by atoms with E-state index in [1.165, 1.54) is 6.20 Å². The summed E-state index contributed by atoms with van der Waals surface area (Å²) in [6.07, 6.45) is 1.42. The molecule has 2 rings (SSSR count). The van der Waals surface area contributed by atoms with E-state index < -0.39 is 0 Å². The molecule has 100 valence electrons. The summed E-state index contributed by atoms with van der Waals surface area (Å²) in [4.78, 5) is 20.0. The Labute approximate surface area is 114 Å². The zero-order chi connectivity index (χ0) is 13.8. The molecule has 0 saturated carbocycles. The lowest BCUT2D eigenvalue weighted by Crippen LogP contribution is -2.24. The molecule has 19 heavy (non-hydrogen) atoms. The van der Waals surface area contributed by atoms with Crippen LogP contribution in [-0.2, 0) is 6.54 Å². The highest BCUT2D eigenvalue weighted by Gasteiger charge is 2.12. The highest BCUT2D eigenvalue weighted by Crippen LogP contribution is 2.17. The van der Waals surface area contributed by atoms with Crippen molar-refractivity contribution in [2.24, 2.45) is 0 Å². The summed E-state index contributed by atoms with van der Waals surface area (Å²) in [5.74, 6) is 1.09. The molecule has 0 aromatic carbocycles. The van der Waals surface area contributed by atoms with Crippen molar-refractivity contribution in [1.29, 1.82) is 0 Å². The summed E-state index contributed by atoms with van der Waals surface area (Å²) >= 11 is 5.93. The van der Waals surface area contributed by atoms with E-state index in [-0.39, 0.29) is 17.5 Å². The number of carbonyl (C=O) groups excluding carboxylic acids is 1. The molecule has 0 radical (unpaired) electrons. The molecule has 0 aliphatic heterocycles. The zero-order valence-electron chi connectivity index (χ0n) is 10.4. The van der Waals surface area contributed by atoms with Gasteiger partial charge in [0.05, 0.1) is 17.1 Å². The van der Waals surface area contributed by atoms with Crippen molar-refractivity contribution in [2.75, 3.05) is 12.4 Å². The Morgan fingerprint density at radius 3 is 2.95 bits per heavy atom. The number of pyridine rings is 1. The Kier molecular flexibility index (Phi) is 3.96. The molecular weight excluding hydrogens is 270 g/mol. The molecule has 1 amide bonds. The summed E-state index contributed by atoms with van der Waals surface area (Å²) in [5.41, 5.74) is 0.334. The van der Waals surface area contributed by atoms with E-state index in [4.69, 9.17) is 16.1 Å². The third-order valence-corrected chi connectivity index (χ3v) is 2.63. The number of aryl methyl sites for hydroxylation is 1. The van der Waals surface area contributed by atoms with Gasteiger partial charge in [-0.05, 0) is 6.07 Å². The molecule has 7 nitrogen and oxygen atoms in total. The number of nitrogens with zero attached hydrogens (tertiary/aromatic N) is 3. The van der Waals surface area contributed by atoms with E-state index in [9.17, 15) is 4.79 Å². The van der Waals surface area contributed by atoms with Gasteiger partial charge in [-0.2, -0.15) is 4.98 Å². The maximum Gasteiger partial charge on any atom is 0.253 e. The average Bonchev–Trinajstić information content (AvgIpc) is 2.82. The molecule has 0 spiro atoms. The van der Waals surface area contributed by atoms with Gasteiger partial charge in [-0.1, -0.05) is 16.8 Å². The van der Waals surface area contributed by atoms with Gasteiger partial charge in [0.1, 0.15) is 5.82 Å². The fourth-order valence-corrected chi connectivity index (χ4v) is 1.61. The van der Waals surface area contributed by atoms with E-state index in [1.54, 1.807) is 20.0 Å². The maximum absolute atomic E-state index is 12.0. The van der Waals surface area contributed by atoms with E-state index in [0.29, 0.717) is 23.1 Å². The summed E-state index contributed by atoms with van der Waals surface area (Å²) < 4.78 is 4.80. The Morgan fingerprint density at radius 2 is 2.32 bits per heavy atom. The molecule has 2 N–H and O–H groups in total. The highest BCUT2D eigenvalue weighted by atomic mass is 35.5. The van der Waals surface area contributed by atoms with Gasteiger partial charge in [0.25, 0.3) is 5.91 Å². The van der Waals surface area contributed by atoms with Crippen LogP contribution in [0.2, 0.25) is 5.02 Å². The van der Waals surface area contributed by atoms with Gasteiger partial charge in [-0.15, -0.1) is 0 Å². The van der Waals surface area contributed by atoms with Crippen LogP contribution >= 0.6 is 11.6 Å². The largest absolute Gasteiger partial charge is 0.373 e. The van der Waals surface area contributed by atoms with Crippen molar-refractivity contribution in [3.05, 3.63) is 34.6 Å². The molecule has 2 heterocycles. The average molecular weight is 282 g/mol. The first-order valence-electron chi connectivity index (χ1n) is 5.51. The van der Waals surface area contributed by atoms with Crippen LogP contribution in [-0.4, -0.2) is 28.1 Å². The number of amides is 1. The number of anilines is 1. The van der Waals surface area contributed by atoms with Gasteiger partial charge in [-0.3, -0.25) is 4.79 Å². The van der Waals surface area contributed by atoms with Crippen LogP contribution in [0.1, 0.15) is 22.1 Å². The van der Waals surface area contributed by atoms with Gasteiger partial charge >= 0.3 is 0 Å². The Balaban J connectivity index is 2.07. The third-order valence-electron chi connectivity index (χ3n) is 2.33. The predicted octanol–water partition coefficient (Wildman–Crippen LogP) is 1.40. The molecule has 0 aliphatic rings. The van der Waals surface area contributed by atoms with Crippen LogP contribution in [0.3, 0.4) is 0 Å². The quantitative estimate of drug-likeness (QED) is 0.880. The number of halogens is 1. The molecule has 8 heteroatoms. The number of carbonyl (C=O) groups is 1. The van der Waals surface area contributed by atoms with Crippen LogP contribution in [0.15, 0.2) is 16.8 Å². The minimum absolute atomic E-state index is 0.170. The van der Waals surface area contributed by atoms with E-state index >= 15 is 0 Å². The molecule has 0 unspecified atom stereocenters. The third kappa shape index (κ3) is 3.19. The van der Waals surface area contributed by atoms with Crippen molar-refractivity contribution in [1.82, 2.24) is 20.4 Å². The van der Waals surface area contributed by atoms with Crippen LogP contribution < -0.4 is 10.6 Å². The Bertz CT molecular complexity index is 599. The fourth-order valence-electron chi connectivity index (χ4n) is 1.42. The van der Waals surface area contributed by atoms with Crippen LogP contribution in [0.4, 0.5) is 5.82 Å². The number of rotatable bonds is 4. The summed E-state index contributed by atoms with van der Waals surface area (Å²) in [6, 6.07) is 1.57. The molecule has 2 aromatic rings. The second kappa shape index (κ2) is 5.66. The SMILES string of the molecule is CNc1cc(C(=O)NCc2noc(C)n2)c(Cl)cn1. The number of nitrogens with one attached hydrogen (secondary N) is 2. The minimum Gasteiger partial charge on any atom is -0.373 e. The lowest BCUT2D eigenvalue weighted by molar-refractivity contribution is 0.0949. The molecular formula is C11H12ClN5O2. The summed E-state index contributed by atoms with van der Waals surface area (Å²) in [6.45, 7) is 1.85. The van der Waals surface area contributed by atoms with Crippen LogP contribution in [0.25, 0.3) is 0 Å². The number of hydrogen-bond acceptors (Lipinski definition) is 6. The van der Waals surface area contributed by atoms with Crippen molar-refractivity contribution >= 4 is 23.3 Å². The highest BCUT2D eigenvalue weighted by molar-refractivity contribution is 6.33. The minimum atomic E-state index is -0.327. The lowest BCUT2D eigenvalue weighted by Gasteiger charge is -2.06. The van der Waals surface area contributed by atoms with Crippen LogP contribution in [0, 0.1) is 6.92 Å². The van der Waals surface area contributed by atoms with Crippen molar-refractivity contribution < 1.29 is 9.32 Å². The first-order valence-corrected chi connectivity index (χ1v) is 5.88. The first-order chi connectivity index (χ1) is 9.10. The monoisotopic (exact) mass is 281 g/mol.